The van der Waals surface area contributed by atoms with Crippen LogP contribution in [0.3, 0.4) is 0 Å². The maximum atomic E-state index is 12.7. The van der Waals surface area contributed by atoms with Gasteiger partial charge in [-0.3, -0.25) is 4.79 Å². The lowest BCUT2D eigenvalue weighted by Crippen LogP contribution is -2.39. The van der Waals surface area contributed by atoms with Crippen molar-refractivity contribution in [1.29, 1.82) is 0 Å². The van der Waals surface area contributed by atoms with Gasteiger partial charge in [0.15, 0.2) is 5.13 Å². The first-order valence-corrected chi connectivity index (χ1v) is 10.4. The molecule has 0 unspecified atom stereocenters. The van der Waals surface area contributed by atoms with E-state index in [1.165, 1.54) is 0 Å². The van der Waals surface area contributed by atoms with E-state index in [1.807, 2.05) is 57.6 Å². The van der Waals surface area contributed by atoms with Crippen LogP contribution in [0.5, 0.6) is 0 Å². The molecule has 1 aliphatic heterocycles. The molecule has 4 aromatic rings. The van der Waals surface area contributed by atoms with Crippen LogP contribution in [0.1, 0.15) is 30.3 Å². The monoisotopic (exact) mass is 391 g/mol. The van der Waals surface area contributed by atoms with Crippen molar-refractivity contribution in [3.05, 3.63) is 65.7 Å². The van der Waals surface area contributed by atoms with Crippen molar-refractivity contribution >= 4 is 28.3 Å². The molecule has 1 N–H and O–H groups in total. The number of imidazole rings is 1. The normalized spacial score (nSPS) is 15.4. The predicted octanol–water partition coefficient (Wildman–Crippen LogP) is 3.76. The van der Waals surface area contributed by atoms with Gasteiger partial charge in [-0.05, 0) is 37.1 Å². The first kappa shape index (κ1) is 17.2. The molecular weight excluding hydrogens is 370 g/mol. The SMILES string of the molecule is O=C(Cc1csc(-n2cccc2)n1)N1CCC(c2nc3ccccc3[nH]2)CC1. The molecule has 1 aromatic carbocycles. The molecule has 1 fully saturated rings. The Morgan fingerprint density at radius 3 is 2.68 bits per heavy atom. The number of hydrogen-bond donors (Lipinski definition) is 1. The van der Waals surface area contributed by atoms with Crippen molar-refractivity contribution in [3.63, 3.8) is 0 Å². The van der Waals surface area contributed by atoms with E-state index >= 15 is 0 Å². The molecule has 0 bridgehead atoms. The molecule has 5 rings (SSSR count). The van der Waals surface area contributed by atoms with Gasteiger partial charge in [0, 0.05) is 36.8 Å². The smallest absolute Gasteiger partial charge is 0.228 e. The molecule has 0 radical (unpaired) electrons. The van der Waals surface area contributed by atoms with Crippen molar-refractivity contribution in [2.75, 3.05) is 13.1 Å². The van der Waals surface area contributed by atoms with Gasteiger partial charge in [-0.25, -0.2) is 9.97 Å². The third kappa shape index (κ3) is 3.33. The average Bonchev–Trinajstić information content (AvgIpc) is 3.47. The minimum Gasteiger partial charge on any atom is -0.342 e. The third-order valence-electron chi connectivity index (χ3n) is 5.34. The summed E-state index contributed by atoms with van der Waals surface area (Å²) in [6.07, 6.45) is 6.18. The fraction of sp³-hybridized carbons (Fsp3) is 0.286. The van der Waals surface area contributed by atoms with Crippen molar-refractivity contribution in [2.24, 2.45) is 0 Å². The van der Waals surface area contributed by atoms with Crippen LogP contribution in [0.2, 0.25) is 0 Å². The molecule has 4 heterocycles. The number of piperidine rings is 1. The van der Waals surface area contributed by atoms with Crippen molar-refractivity contribution in [2.45, 2.75) is 25.2 Å². The number of nitrogens with zero attached hydrogens (tertiary/aromatic N) is 4. The molecule has 3 aromatic heterocycles. The molecule has 0 atom stereocenters. The van der Waals surface area contributed by atoms with Crippen LogP contribution in [-0.4, -0.2) is 43.4 Å². The Hall–Kier alpha value is -2.93. The molecule has 1 saturated heterocycles. The number of carbonyl (C=O) groups is 1. The summed E-state index contributed by atoms with van der Waals surface area (Å²) in [5.41, 5.74) is 2.94. The van der Waals surface area contributed by atoms with Crippen LogP contribution in [0.15, 0.2) is 54.2 Å². The first-order chi connectivity index (χ1) is 13.8. The third-order valence-corrected chi connectivity index (χ3v) is 6.24. The van der Waals surface area contributed by atoms with Gasteiger partial charge in [-0.15, -0.1) is 11.3 Å². The summed E-state index contributed by atoms with van der Waals surface area (Å²) in [5.74, 6) is 1.59. The second-order valence-electron chi connectivity index (χ2n) is 7.18. The van der Waals surface area contributed by atoms with Gasteiger partial charge >= 0.3 is 0 Å². The molecular formula is C21H21N5OS. The van der Waals surface area contributed by atoms with Crippen LogP contribution in [0, 0.1) is 0 Å². The fourth-order valence-electron chi connectivity index (χ4n) is 3.79. The van der Waals surface area contributed by atoms with Gasteiger partial charge in [0.1, 0.15) is 5.82 Å². The quantitative estimate of drug-likeness (QED) is 0.576. The minimum absolute atomic E-state index is 0.160. The Balaban J connectivity index is 1.20. The van der Waals surface area contributed by atoms with Crippen molar-refractivity contribution in [3.8, 4) is 5.13 Å². The Morgan fingerprint density at radius 2 is 1.89 bits per heavy atom. The van der Waals surface area contributed by atoms with Gasteiger partial charge < -0.3 is 14.5 Å². The van der Waals surface area contributed by atoms with E-state index in [-0.39, 0.29) is 5.91 Å². The van der Waals surface area contributed by atoms with Crippen LogP contribution in [0.25, 0.3) is 16.2 Å². The Labute approximate surface area is 166 Å². The van der Waals surface area contributed by atoms with Gasteiger partial charge in [0.2, 0.25) is 5.91 Å². The number of H-pyrrole nitrogens is 1. The highest BCUT2D eigenvalue weighted by atomic mass is 32.1. The lowest BCUT2D eigenvalue weighted by Gasteiger charge is -2.31. The summed E-state index contributed by atoms with van der Waals surface area (Å²) in [5, 5.41) is 2.88. The highest BCUT2D eigenvalue weighted by molar-refractivity contribution is 7.12. The first-order valence-electron chi connectivity index (χ1n) is 9.56. The number of amides is 1. The van der Waals surface area contributed by atoms with Crippen LogP contribution in [0.4, 0.5) is 0 Å². The number of rotatable bonds is 4. The second-order valence-corrected chi connectivity index (χ2v) is 8.02. The number of hydrogen-bond acceptors (Lipinski definition) is 4. The van der Waals surface area contributed by atoms with Gasteiger partial charge in [0.25, 0.3) is 0 Å². The number of aromatic nitrogens is 4. The van der Waals surface area contributed by atoms with Crippen molar-refractivity contribution < 1.29 is 4.79 Å². The molecule has 28 heavy (non-hydrogen) atoms. The van der Waals surface area contributed by atoms with Gasteiger partial charge in [-0.1, -0.05) is 12.1 Å². The zero-order valence-corrected chi connectivity index (χ0v) is 16.2. The van der Waals surface area contributed by atoms with Crippen LogP contribution in [-0.2, 0) is 11.2 Å². The maximum Gasteiger partial charge on any atom is 0.228 e. The Bertz CT molecular complexity index is 1060. The number of benzene rings is 1. The molecule has 142 valence electrons. The summed E-state index contributed by atoms with van der Waals surface area (Å²) in [4.78, 5) is 27.4. The standard InChI is InChI=1S/C21H21N5OS/c27-19(13-16-14-28-21(22-16)26-9-3-4-10-26)25-11-7-15(8-12-25)20-23-17-5-1-2-6-18(17)24-20/h1-6,9-10,14-15H,7-8,11-13H2,(H,23,24). The summed E-state index contributed by atoms with van der Waals surface area (Å²) in [6.45, 7) is 1.55. The van der Waals surface area contributed by atoms with Crippen molar-refractivity contribution in [1.82, 2.24) is 24.4 Å². The predicted molar refractivity (Wildman–Crippen MR) is 110 cm³/mol. The number of para-hydroxylation sites is 2. The van der Waals surface area contributed by atoms with Gasteiger partial charge in [-0.2, -0.15) is 0 Å². The molecule has 0 aliphatic carbocycles. The topological polar surface area (TPSA) is 66.8 Å². The zero-order chi connectivity index (χ0) is 18.9. The van der Waals surface area contributed by atoms with Gasteiger partial charge in [0.05, 0.1) is 23.1 Å². The Morgan fingerprint density at radius 1 is 1.11 bits per heavy atom. The highest BCUT2D eigenvalue weighted by Crippen LogP contribution is 2.28. The molecule has 1 amide bonds. The lowest BCUT2D eigenvalue weighted by atomic mass is 9.96. The zero-order valence-electron chi connectivity index (χ0n) is 15.4. The maximum absolute atomic E-state index is 12.7. The molecule has 0 saturated carbocycles. The lowest BCUT2D eigenvalue weighted by molar-refractivity contribution is -0.131. The number of nitrogens with one attached hydrogen (secondary N) is 1. The largest absolute Gasteiger partial charge is 0.342 e. The van der Waals surface area contributed by atoms with E-state index in [4.69, 9.17) is 4.98 Å². The minimum atomic E-state index is 0.160. The summed E-state index contributed by atoms with van der Waals surface area (Å²) in [7, 11) is 0. The second kappa shape index (κ2) is 7.24. The number of aromatic amines is 1. The molecule has 7 heteroatoms. The number of fused-ring (bicyclic) bond motifs is 1. The summed E-state index contributed by atoms with van der Waals surface area (Å²) in [6, 6.07) is 12.1. The summed E-state index contributed by atoms with van der Waals surface area (Å²) >= 11 is 1.56. The number of carbonyl (C=O) groups excluding carboxylic acids is 1. The van der Waals surface area contributed by atoms with E-state index in [0.29, 0.717) is 12.3 Å². The molecule has 1 aliphatic rings. The van der Waals surface area contributed by atoms with Crippen LogP contribution >= 0.6 is 11.3 Å². The van der Waals surface area contributed by atoms with E-state index in [0.717, 1.165) is 53.6 Å². The van der Waals surface area contributed by atoms with Crippen LogP contribution < -0.4 is 0 Å². The molecule has 0 spiro atoms. The fourth-order valence-corrected chi connectivity index (χ4v) is 4.58. The summed E-state index contributed by atoms with van der Waals surface area (Å²) < 4.78 is 1.97. The number of thiazole rings is 1. The van der Waals surface area contributed by atoms with E-state index < -0.39 is 0 Å². The average molecular weight is 392 g/mol. The number of likely N-dealkylation sites (tertiary alicyclic amines) is 1. The van der Waals surface area contributed by atoms with E-state index in [2.05, 4.69) is 16.0 Å². The molecule has 6 nitrogen and oxygen atoms in total. The van der Waals surface area contributed by atoms with E-state index in [1.54, 1.807) is 11.3 Å². The van der Waals surface area contributed by atoms with E-state index in [9.17, 15) is 4.79 Å². The highest BCUT2D eigenvalue weighted by Gasteiger charge is 2.26. The Kier molecular flexibility index (Phi) is 4.44.